The first-order valence-corrected chi connectivity index (χ1v) is 13.7. The number of ether oxygens (including phenoxy) is 1. The van der Waals surface area contributed by atoms with E-state index in [0.29, 0.717) is 34.2 Å². The molecule has 2 heterocycles. The predicted molar refractivity (Wildman–Crippen MR) is 150 cm³/mol. The topological polar surface area (TPSA) is 85.2 Å². The first kappa shape index (κ1) is 26.2. The summed E-state index contributed by atoms with van der Waals surface area (Å²) < 4.78 is 7.64. The van der Waals surface area contributed by atoms with Crippen LogP contribution in [0.4, 0.5) is 5.82 Å². The van der Waals surface area contributed by atoms with Gasteiger partial charge < -0.3 is 15.4 Å². The Bertz CT molecular complexity index is 1290. The van der Waals surface area contributed by atoms with Crippen molar-refractivity contribution in [3.05, 3.63) is 93.3 Å². The van der Waals surface area contributed by atoms with Crippen LogP contribution in [0.5, 0.6) is 0 Å². The van der Waals surface area contributed by atoms with Gasteiger partial charge in [-0.05, 0) is 49.4 Å². The number of hydrogen-bond acceptors (Lipinski definition) is 5. The van der Waals surface area contributed by atoms with Crippen LogP contribution in [0.1, 0.15) is 53.4 Å². The Kier molecular flexibility index (Phi) is 8.68. The lowest BCUT2D eigenvalue weighted by atomic mass is 9.94. The summed E-state index contributed by atoms with van der Waals surface area (Å²) in [6, 6.07) is 15.4. The number of rotatable bonds is 9. The lowest BCUT2D eigenvalue weighted by Crippen LogP contribution is -2.35. The number of nitrogens with zero attached hydrogens (tertiary/aromatic N) is 2. The molecule has 1 aromatic heterocycles. The van der Waals surface area contributed by atoms with Crippen molar-refractivity contribution in [1.82, 2.24) is 15.1 Å². The minimum atomic E-state index is -0.556. The van der Waals surface area contributed by atoms with Crippen molar-refractivity contribution in [1.29, 1.82) is 0 Å². The Labute approximate surface area is 229 Å². The van der Waals surface area contributed by atoms with E-state index in [1.807, 2.05) is 43.3 Å². The number of halogens is 2. The molecule has 0 bridgehead atoms. The Balaban J connectivity index is 1.64. The van der Waals surface area contributed by atoms with Crippen LogP contribution in [0, 0.1) is 0 Å². The fraction of sp³-hybridized carbons (Fsp3) is 0.296. The second-order valence-corrected chi connectivity index (χ2v) is 9.64. The summed E-state index contributed by atoms with van der Waals surface area (Å²) in [5.74, 6) is -0.165. The molecule has 2 N–H and O–H groups in total. The Morgan fingerprint density at radius 1 is 1.22 bits per heavy atom. The molecule has 0 radical (unpaired) electrons. The van der Waals surface area contributed by atoms with E-state index < -0.39 is 12.0 Å². The van der Waals surface area contributed by atoms with Gasteiger partial charge in [-0.3, -0.25) is 4.79 Å². The third-order valence-corrected chi connectivity index (χ3v) is 7.24. The fourth-order valence-electron chi connectivity index (χ4n) is 4.29. The van der Waals surface area contributed by atoms with Gasteiger partial charge in [0.15, 0.2) is 0 Å². The number of nitrogens with one attached hydrogen (secondary N) is 2. The van der Waals surface area contributed by atoms with Gasteiger partial charge in [-0.1, -0.05) is 76.7 Å². The zero-order valence-electron chi connectivity index (χ0n) is 20.2. The van der Waals surface area contributed by atoms with E-state index >= 15 is 0 Å². The van der Waals surface area contributed by atoms with E-state index in [0.717, 1.165) is 28.4 Å². The van der Waals surface area contributed by atoms with Gasteiger partial charge in [0, 0.05) is 21.7 Å². The van der Waals surface area contributed by atoms with Gasteiger partial charge in [-0.15, -0.1) is 0 Å². The highest BCUT2D eigenvalue weighted by Gasteiger charge is 2.35. The minimum absolute atomic E-state index is 0.189. The summed E-state index contributed by atoms with van der Waals surface area (Å²) in [5, 5.41) is 11.4. The summed E-state index contributed by atoms with van der Waals surface area (Å²) in [6.45, 7) is 4.38. The molecule has 0 aliphatic carbocycles. The number of aromatic nitrogens is 2. The normalized spacial score (nSPS) is 14.7. The third kappa shape index (κ3) is 5.59. The molecule has 4 rings (SSSR count). The molecule has 1 aliphatic heterocycles. The molecule has 1 aliphatic rings. The van der Waals surface area contributed by atoms with Crippen LogP contribution in [0.15, 0.2) is 66.0 Å². The highest BCUT2D eigenvalue weighted by atomic mass is 127. The number of benzene rings is 2. The van der Waals surface area contributed by atoms with E-state index in [9.17, 15) is 9.59 Å². The smallest absolute Gasteiger partial charge is 0.343 e. The zero-order chi connectivity index (χ0) is 25.7. The molecule has 0 saturated heterocycles. The number of amides is 1. The van der Waals surface area contributed by atoms with E-state index in [-0.39, 0.29) is 12.5 Å². The van der Waals surface area contributed by atoms with Crippen molar-refractivity contribution >= 4 is 51.9 Å². The number of esters is 1. The van der Waals surface area contributed by atoms with Crippen LogP contribution in [0.25, 0.3) is 0 Å². The molecule has 7 nitrogen and oxygen atoms in total. The number of carbonyl (C=O) groups excluding carboxylic acids is 2. The molecule has 36 heavy (non-hydrogen) atoms. The summed E-state index contributed by atoms with van der Waals surface area (Å²) >= 11 is 8.82. The van der Waals surface area contributed by atoms with Crippen molar-refractivity contribution in [2.24, 2.45) is 0 Å². The monoisotopic (exact) mass is 618 g/mol. The summed E-state index contributed by atoms with van der Waals surface area (Å²) in [7, 11) is 0. The second kappa shape index (κ2) is 11.9. The largest absolute Gasteiger partial charge is 0.462 e. The first-order valence-electron chi connectivity index (χ1n) is 11.8. The number of alkyl halides is 1. The van der Waals surface area contributed by atoms with Gasteiger partial charge in [-0.25, -0.2) is 9.48 Å². The molecule has 1 atom stereocenters. The van der Waals surface area contributed by atoms with E-state index in [4.69, 9.17) is 16.3 Å². The number of hydrogen-bond donors (Lipinski definition) is 2. The Morgan fingerprint density at radius 3 is 2.69 bits per heavy atom. The van der Waals surface area contributed by atoms with Gasteiger partial charge >= 0.3 is 5.97 Å². The highest BCUT2D eigenvalue weighted by Crippen LogP contribution is 2.38. The van der Waals surface area contributed by atoms with Crippen molar-refractivity contribution in [2.45, 2.75) is 37.2 Å². The predicted octanol–water partition coefficient (Wildman–Crippen LogP) is 5.69. The van der Waals surface area contributed by atoms with Crippen LogP contribution in [-0.4, -0.2) is 34.8 Å². The van der Waals surface area contributed by atoms with Gasteiger partial charge in [-0.2, -0.15) is 5.10 Å². The summed E-state index contributed by atoms with van der Waals surface area (Å²) in [4.78, 5) is 26.0. The highest BCUT2D eigenvalue weighted by molar-refractivity contribution is 14.1. The third-order valence-electron chi connectivity index (χ3n) is 6.07. The number of fused-ring (bicyclic) bond motifs is 1. The van der Waals surface area contributed by atoms with Crippen LogP contribution in [-0.2, 0) is 20.4 Å². The molecular formula is C27H28ClIN4O3. The number of carbonyl (C=O) groups is 2. The van der Waals surface area contributed by atoms with Crippen LogP contribution >= 0.6 is 34.2 Å². The second-order valence-electron chi connectivity index (χ2n) is 8.47. The summed E-state index contributed by atoms with van der Waals surface area (Å²) in [5.41, 5.74) is 4.54. The van der Waals surface area contributed by atoms with Crippen LogP contribution < -0.4 is 10.6 Å². The van der Waals surface area contributed by atoms with Crippen molar-refractivity contribution < 1.29 is 14.3 Å². The minimum Gasteiger partial charge on any atom is -0.462 e. The standard InChI is InChI=1S/C27H28ClIN4O3/c1-3-36-27(35)21-16-31-33-24(19-11-12-20(15-29)22(28)14-19)23(17(2)32-25(21)33)26(34)30-13-7-10-18-8-5-4-6-9-18/h4-6,8-9,11-12,14,16,24,32H,3,7,10,13,15H2,1-2H3,(H,30,34). The molecule has 0 spiro atoms. The van der Waals surface area contributed by atoms with E-state index in [1.165, 1.54) is 11.8 Å². The van der Waals surface area contributed by atoms with Crippen molar-refractivity contribution in [3.63, 3.8) is 0 Å². The maximum Gasteiger partial charge on any atom is 0.343 e. The average Bonchev–Trinajstić information content (AvgIpc) is 3.30. The number of anilines is 1. The lowest BCUT2D eigenvalue weighted by Gasteiger charge is -2.30. The molecule has 1 unspecified atom stereocenters. The quantitative estimate of drug-likeness (QED) is 0.139. The maximum absolute atomic E-state index is 13.5. The van der Waals surface area contributed by atoms with Gasteiger partial charge in [0.2, 0.25) is 0 Å². The molecular weight excluding hydrogens is 591 g/mol. The van der Waals surface area contributed by atoms with Crippen LogP contribution in [0.2, 0.25) is 5.02 Å². The van der Waals surface area contributed by atoms with Gasteiger partial charge in [0.25, 0.3) is 5.91 Å². The Morgan fingerprint density at radius 2 is 2.00 bits per heavy atom. The first-order chi connectivity index (χ1) is 17.4. The molecule has 9 heteroatoms. The molecule has 1 amide bonds. The van der Waals surface area contributed by atoms with Crippen molar-refractivity contribution in [3.8, 4) is 0 Å². The Hall–Kier alpha value is -2.85. The molecule has 0 fully saturated rings. The molecule has 2 aromatic carbocycles. The molecule has 3 aromatic rings. The average molecular weight is 619 g/mol. The van der Waals surface area contributed by atoms with Gasteiger partial charge in [0.05, 0.1) is 18.4 Å². The molecule has 0 saturated carbocycles. The lowest BCUT2D eigenvalue weighted by molar-refractivity contribution is -0.118. The van der Waals surface area contributed by atoms with Crippen molar-refractivity contribution in [2.75, 3.05) is 18.5 Å². The summed E-state index contributed by atoms with van der Waals surface area (Å²) in [6.07, 6.45) is 3.17. The van der Waals surface area contributed by atoms with E-state index in [2.05, 4.69) is 50.5 Å². The number of aryl methyl sites for hydroxylation is 1. The fourth-order valence-corrected chi connectivity index (χ4v) is 5.44. The molecule has 188 valence electrons. The SMILES string of the molecule is CCOC(=O)c1cnn2c1NC(C)=C(C(=O)NCCCc1ccccc1)C2c1ccc(CI)c(Cl)c1. The zero-order valence-corrected chi connectivity index (χ0v) is 23.1. The van der Waals surface area contributed by atoms with E-state index in [1.54, 1.807) is 11.6 Å². The van der Waals surface area contributed by atoms with Gasteiger partial charge in [0.1, 0.15) is 17.4 Å². The van der Waals surface area contributed by atoms with Crippen LogP contribution in [0.3, 0.4) is 0 Å². The maximum atomic E-state index is 13.5. The number of allylic oxidation sites excluding steroid dienone is 1.